The van der Waals surface area contributed by atoms with Gasteiger partial charge in [-0.1, -0.05) is 0 Å². The molecular formula is C16H24ClN3O3S. The van der Waals surface area contributed by atoms with Crippen LogP contribution in [0.4, 0.5) is 5.69 Å². The number of amides is 1. The van der Waals surface area contributed by atoms with Gasteiger partial charge in [-0.3, -0.25) is 9.10 Å². The number of fused-ring (bicyclic) bond motifs is 1. The number of rotatable bonds is 3. The number of sulfonamides is 1. The van der Waals surface area contributed by atoms with Gasteiger partial charge in [0.25, 0.3) is 5.91 Å². The number of nitrogens with zero attached hydrogens (tertiary/aromatic N) is 2. The molecule has 1 fully saturated rings. The minimum absolute atomic E-state index is 0. The third-order valence-electron chi connectivity index (χ3n) is 4.74. The molecule has 0 spiro atoms. The van der Waals surface area contributed by atoms with Crippen molar-refractivity contribution in [2.24, 2.45) is 5.73 Å². The van der Waals surface area contributed by atoms with Crippen molar-refractivity contribution in [2.75, 3.05) is 30.2 Å². The number of carbonyl (C=O) groups excluding carboxylic acids is 1. The quantitative estimate of drug-likeness (QED) is 0.867. The molecule has 2 aliphatic rings. The lowest BCUT2D eigenvalue weighted by Crippen LogP contribution is -2.47. The van der Waals surface area contributed by atoms with Gasteiger partial charge in [0.15, 0.2) is 0 Å². The van der Waals surface area contributed by atoms with Crippen LogP contribution in [0.5, 0.6) is 0 Å². The minimum Gasteiger partial charge on any atom is -0.334 e. The Morgan fingerprint density at radius 1 is 1.29 bits per heavy atom. The van der Waals surface area contributed by atoms with E-state index in [9.17, 15) is 13.2 Å². The molecule has 1 saturated heterocycles. The van der Waals surface area contributed by atoms with E-state index in [-0.39, 0.29) is 24.4 Å². The summed E-state index contributed by atoms with van der Waals surface area (Å²) in [5.41, 5.74) is 8.03. The predicted molar refractivity (Wildman–Crippen MR) is 97.3 cm³/mol. The first-order valence-electron chi connectivity index (χ1n) is 8.03. The molecule has 0 aromatic heterocycles. The second-order valence-electron chi connectivity index (χ2n) is 6.31. The molecule has 1 amide bonds. The van der Waals surface area contributed by atoms with Gasteiger partial charge in [0.2, 0.25) is 10.0 Å². The molecule has 6 nitrogen and oxygen atoms in total. The third-order valence-corrected chi connectivity index (χ3v) is 5.92. The number of benzene rings is 1. The summed E-state index contributed by atoms with van der Waals surface area (Å²) >= 11 is 0. The molecular weight excluding hydrogens is 350 g/mol. The number of hydrogen-bond donors (Lipinski definition) is 1. The fourth-order valence-corrected chi connectivity index (χ4v) is 4.49. The highest BCUT2D eigenvalue weighted by Crippen LogP contribution is 2.31. The molecule has 0 saturated carbocycles. The van der Waals surface area contributed by atoms with Gasteiger partial charge < -0.3 is 10.6 Å². The summed E-state index contributed by atoms with van der Waals surface area (Å²) in [7, 11) is -3.26. The topological polar surface area (TPSA) is 83.7 Å². The van der Waals surface area contributed by atoms with Crippen molar-refractivity contribution in [1.29, 1.82) is 0 Å². The molecule has 8 heteroatoms. The first-order chi connectivity index (χ1) is 10.9. The van der Waals surface area contributed by atoms with Crippen LogP contribution < -0.4 is 10.0 Å². The molecule has 0 bridgehead atoms. The van der Waals surface area contributed by atoms with Gasteiger partial charge in [-0.15, -0.1) is 12.4 Å². The van der Waals surface area contributed by atoms with Crippen molar-refractivity contribution < 1.29 is 13.2 Å². The number of anilines is 1. The Bertz CT molecular complexity index is 723. The van der Waals surface area contributed by atoms with Crippen LogP contribution in [0.25, 0.3) is 0 Å². The predicted octanol–water partition coefficient (Wildman–Crippen LogP) is 1.38. The summed E-state index contributed by atoms with van der Waals surface area (Å²) < 4.78 is 25.0. The fraction of sp³-hybridized carbons (Fsp3) is 0.562. The zero-order valence-corrected chi connectivity index (χ0v) is 15.4. The number of hydrogen-bond acceptors (Lipinski definition) is 4. The van der Waals surface area contributed by atoms with Crippen LogP contribution in [-0.4, -0.2) is 51.2 Å². The molecule has 1 aromatic rings. The van der Waals surface area contributed by atoms with Crippen LogP contribution in [-0.2, 0) is 16.4 Å². The molecule has 2 aliphatic heterocycles. The summed E-state index contributed by atoms with van der Waals surface area (Å²) in [5, 5.41) is 0. The Kier molecular flexibility index (Phi) is 5.78. The number of likely N-dealkylation sites (tertiary alicyclic amines) is 1. The summed E-state index contributed by atoms with van der Waals surface area (Å²) in [4.78, 5) is 14.7. The molecule has 1 aromatic carbocycles. The van der Waals surface area contributed by atoms with E-state index in [1.54, 1.807) is 12.1 Å². The van der Waals surface area contributed by atoms with Crippen molar-refractivity contribution >= 4 is 34.0 Å². The summed E-state index contributed by atoms with van der Waals surface area (Å²) in [6, 6.07) is 5.42. The minimum atomic E-state index is -3.26. The number of carbonyl (C=O) groups is 1. The van der Waals surface area contributed by atoms with Crippen molar-refractivity contribution in [3.05, 3.63) is 29.3 Å². The van der Waals surface area contributed by atoms with Crippen molar-refractivity contribution in [2.45, 2.75) is 31.7 Å². The largest absolute Gasteiger partial charge is 0.334 e. The highest BCUT2D eigenvalue weighted by Gasteiger charge is 2.29. The number of nitrogens with two attached hydrogens (primary N) is 1. The molecule has 3 rings (SSSR count). The molecule has 0 radical (unpaired) electrons. The Labute approximate surface area is 149 Å². The molecule has 24 heavy (non-hydrogen) atoms. The zero-order chi connectivity index (χ0) is 16.6. The maximum atomic E-state index is 12.8. The number of halogens is 1. The van der Waals surface area contributed by atoms with E-state index in [2.05, 4.69) is 0 Å². The van der Waals surface area contributed by atoms with Crippen LogP contribution >= 0.6 is 12.4 Å². The summed E-state index contributed by atoms with van der Waals surface area (Å²) in [6.45, 7) is 1.67. The van der Waals surface area contributed by atoms with Gasteiger partial charge in [-0.2, -0.15) is 0 Å². The lowest BCUT2D eigenvalue weighted by atomic mass is 10.00. The highest BCUT2D eigenvalue weighted by atomic mass is 35.5. The SMILES string of the molecule is CS(=O)(=O)N1CCc2cc(C(=O)N3CCCCC3CN)ccc21.Cl. The summed E-state index contributed by atoms with van der Waals surface area (Å²) in [5.74, 6) is 0.000700. The van der Waals surface area contributed by atoms with Gasteiger partial charge >= 0.3 is 0 Å². The van der Waals surface area contributed by atoms with Gasteiger partial charge in [0.05, 0.1) is 11.9 Å². The van der Waals surface area contributed by atoms with E-state index in [0.29, 0.717) is 30.8 Å². The van der Waals surface area contributed by atoms with Crippen LogP contribution in [0.15, 0.2) is 18.2 Å². The van der Waals surface area contributed by atoms with E-state index in [1.807, 2.05) is 11.0 Å². The molecule has 2 heterocycles. The zero-order valence-electron chi connectivity index (χ0n) is 13.8. The second-order valence-corrected chi connectivity index (χ2v) is 8.22. The average Bonchev–Trinajstić information content (AvgIpc) is 2.97. The molecule has 0 aliphatic carbocycles. The van der Waals surface area contributed by atoms with Crippen molar-refractivity contribution in [1.82, 2.24) is 4.90 Å². The van der Waals surface area contributed by atoms with Crippen LogP contribution in [0.3, 0.4) is 0 Å². The number of piperidine rings is 1. The van der Waals surface area contributed by atoms with Crippen LogP contribution in [0, 0.1) is 0 Å². The molecule has 1 unspecified atom stereocenters. The van der Waals surface area contributed by atoms with Crippen LogP contribution in [0.2, 0.25) is 0 Å². The van der Waals surface area contributed by atoms with Gasteiger partial charge in [-0.25, -0.2) is 8.42 Å². The van der Waals surface area contributed by atoms with E-state index >= 15 is 0 Å². The summed E-state index contributed by atoms with van der Waals surface area (Å²) in [6.07, 6.45) is 4.92. The maximum Gasteiger partial charge on any atom is 0.254 e. The third kappa shape index (κ3) is 3.53. The lowest BCUT2D eigenvalue weighted by molar-refractivity contribution is 0.0623. The molecule has 134 valence electrons. The smallest absolute Gasteiger partial charge is 0.254 e. The first kappa shape index (κ1) is 19.0. The van der Waals surface area contributed by atoms with Crippen molar-refractivity contribution in [3.63, 3.8) is 0 Å². The van der Waals surface area contributed by atoms with E-state index < -0.39 is 10.0 Å². The Balaban J connectivity index is 0.00000208. The molecule has 1 atom stereocenters. The molecule has 2 N–H and O–H groups in total. The van der Waals surface area contributed by atoms with E-state index in [1.165, 1.54) is 10.6 Å². The Hall–Kier alpha value is -1.31. The van der Waals surface area contributed by atoms with Gasteiger partial charge in [0.1, 0.15) is 0 Å². The van der Waals surface area contributed by atoms with E-state index in [0.717, 1.165) is 31.4 Å². The van der Waals surface area contributed by atoms with Crippen molar-refractivity contribution in [3.8, 4) is 0 Å². The Morgan fingerprint density at radius 2 is 2.04 bits per heavy atom. The standard InChI is InChI=1S/C16H23N3O3S.ClH/c1-23(21,22)19-9-7-12-10-13(5-6-15(12)19)16(20)18-8-3-2-4-14(18)11-17;/h5-6,10,14H,2-4,7-9,11,17H2,1H3;1H. The second kappa shape index (κ2) is 7.29. The van der Waals surface area contributed by atoms with Crippen LogP contribution in [0.1, 0.15) is 35.2 Å². The maximum absolute atomic E-state index is 12.8. The fourth-order valence-electron chi connectivity index (χ4n) is 3.53. The lowest BCUT2D eigenvalue weighted by Gasteiger charge is -2.35. The van der Waals surface area contributed by atoms with E-state index in [4.69, 9.17) is 5.73 Å². The average molecular weight is 374 g/mol. The highest BCUT2D eigenvalue weighted by molar-refractivity contribution is 7.92. The van der Waals surface area contributed by atoms with Gasteiger partial charge in [-0.05, 0) is 49.4 Å². The monoisotopic (exact) mass is 373 g/mol. The normalized spacial score (nSPS) is 20.5. The van der Waals surface area contributed by atoms with Gasteiger partial charge in [0, 0.05) is 31.2 Å². The Morgan fingerprint density at radius 3 is 2.71 bits per heavy atom. The first-order valence-corrected chi connectivity index (χ1v) is 9.88.